The number of hydrogen-bond donors (Lipinski definition) is 0. The summed E-state index contributed by atoms with van der Waals surface area (Å²) in [5, 5.41) is 0. The molecule has 4 heteroatoms. The molecule has 0 bridgehead atoms. The van der Waals surface area contributed by atoms with Gasteiger partial charge in [0.15, 0.2) is 0 Å². The van der Waals surface area contributed by atoms with E-state index in [0.717, 1.165) is 7.25 Å². The van der Waals surface area contributed by atoms with Gasteiger partial charge in [-0.2, -0.15) is 0 Å². The molecule has 0 N–H and O–H groups in total. The van der Waals surface area contributed by atoms with Crippen molar-refractivity contribution >= 4 is 18.8 Å². The zero-order chi connectivity index (χ0) is 20.1. The van der Waals surface area contributed by atoms with Crippen LogP contribution in [0, 0.1) is 0 Å². The molecule has 4 rings (SSSR count). The Balaban J connectivity index is 0.00000109. The van der Waals surface area contributed by atoms with Crippen molar-refractivity contribution in [2.45, 2.75) is 60.8 Å². The second kappa shape index (κ2) is 13.2. The van der Waals surface area contributed by atoms with Gasteiger partial charge in [-0.05, 0) is 0 Å². The van der Waals surface area contributed by atoms with Crippen LogP contribution in [0.5, 0.6) is 0 Å². The predicted octanol–water partition coefficient (Wildman–Crippen LogP) is 1.26. The molecule has 0 saturated carbocycles. The Morgan fingerprint density at radius 1 is 0.700 bits per heavy atom. The zero-order valence-electron chi connectivity index (χ0n) is 19.0. The summed E-state index contributed by atoms with van der Waals surface area (Å²) in [6.45, 7) is 11.2. The topological polar surface area (TPSA) is 0 Å². The number of halogens is 2. The Morgan fingerprint density at radius 3 is 1.47 bits per heavy atom. The van der Waals surface area contributed by atoms with Gasteiger partial charge in [0, 0.05) is 0 Å². The van der Waals surface area contributed by atoms with Crippen molar-refractivity contribution in [1.29, 1.82) is 0 Å². The summed E-state index contributed by atoms with van der Waals surface area (Å²) < 4.78 is 1.66. The first-order valence-corrected chi connectivity index (χ1v) is 21.0. The van der Waals surface area contributed by atoms with Gasteiger partial charge in [-0.15, -0.1) is 0 Å². The van der Waals surface area contributed by atoms with E-state index in [9.17, 15) is 0 Å². The Bertz CT molecular complexity index is 805. The van der Waals surface area contributed by atoms with Gasteiger partial charge >= 0.3 is 169 Å². The van der Waals surface area contributed by atoms with E-state index in [1.165, 1.54) is 30.0 Å². The van der Waals surface area contributed by atoms with E-state index in [4.69, 9.17) is 0 Å². The maximum atomic E-state index is 2.54. The molecule has 0 heterocycles. The van der Waals surface area contributed by atoms with Gasteiger partial charge in [0.25, 0.3) is 0 Å². The van der Waals surface area contributed by atoms with Crippen LogP contribution in [0.4, 0.5) is 0 Å². The molecule has 0 aliphatic heterocycles. The van der Waals surface area contributed by atoms with Crippen LogP contribution in [0.3, 0.4) is 0 Å². The third kappa shape index (κ3) is 5.32. The van der Waals surface area contributed by atoms with Crippen LogP contribution in [0.25, 0.3) is 12.2 Å². The quantitative estimate of drug-likeness (QED) is 0.487. The smallest absolute Gasteiger partial charge is 1.00 e. The second-order valence-corrected chi connectivity index (χ2v) is 23.3. The van der Waals surface area contributed by atoms with E-state index in [1.54, 1.807) is 22.3 Å². The summed E-state index contributed by atoms with van der Waals surface area (Å²) >= 11 is -1.69. The van der Waals surface area contributed by atoms with Crippen LogP contribution < -0.4 is 24.8 Å². The largest absolute Gasteiger partial charge is 1.00 e. The van der Waals surface area contributed by atoms with Gasteiger partial charge in [0.1, 0.15) is 0 Å². The van der Waals surface area contributed by atoms with E-state index < -0.39 is 20.9 Å². The average Bonchev–Trinajstić information content (AvgIpc) is 3.31. The van der Waals surface area contributed by atoms with Gasteiger partial charge in [-0.25, -0.2) is 0 Å². The van der Waals surface area contributed by atoms with Gasteiger partial charge in [-0.3, -0.25) is 0 Å². The monoisotopic (exact) mass is 535 g/mol. The summed E-state index contributed by atoms with van der Waals surface area (Å²) in [7, 11) is 0. The third-order valence-electron chi connectivity index (χ3n) is 6.13. The van der Waals surface area contributed by atoms with Crippen LogP contribution >= 0.6 is 0 Å². The van der Waals surface area contributed by atoms with Crippen molar-refractivity contribution in [3.8, 4) is 0 Å². The average molecular weight is 538 g/mol. The number of allylic oxidation sites excluding steroid dienone is 2. The summed E-state index contributed by atoms with van der Waals surface area (Å²) in [6.07, 6.45) is 7.53. The number of benzene rings is 2. The molecule has 0 spiro atoms. The zero-order valence-corrected chi connectivity index (χ0v) is 24.4. The maximum absolute atomic E-state index is 2.54. The van der Waals surface area contributed by atoms with Crippen molar-refractivity contribution in [2.24, 2.45) is 0 Å². The summed E-state index contributed by atoms with van der Waals surface area (Å²) in [5.41, 5.74) is 9.90. The minimum Gasteiger partial charge on any atom is -1.00 e. The SMILES string of the molecule is CC.CC[SiH2][Zr+2]([CH]1C(CC)=Cc2ccccc21)[CH]1C(CC)=Cc2ccccc21.[Cl-].[Cl-]. The fourth-order valence-corrected chi connectivity index (χ4v) is 28.2. The second-order valence-electron chi connectivity index (χ2n) is 7.59. The van der Waals surface area contributed by atoms with Crippen LogP contribution in [0.2, 0.25) is 6.04 Å². The van der Waals surface area contributed by atoms with E-state index in [-0.39, 0.29) is 31.5 Å². The van der Waals surface area contributed by atoms with Crippen molar-refractivity contribution in [3.05, 3.63) is 81.9 Å². The Labute approximate surface area is 205 Å². The molecule has 0 fully saturated rings. The minimum atomic E-state index is -1.69. The molecule has 2 aromatic carbocycles. The molecule has 2 unspecified atom stereocenters. The fourth-order valence-electron chi connectivity index (χ4n) is 5.01. The molecule has 30 heavy (non-hydrogen) atoms. The number of hydrogen-bond acceptors (Lipinski definition) is 0. The van der Waals surface area contributed by atoms with Crippen molar-refractivity contribution < 1.29 is 45.7 Å². The van der Waals surface area contributed by atoms with Gasteiger partial charge in [-0.1, -0.05) is 13.8 Å². The maximum Gasteiger partial charge on any atom is -1.00 e. The van der Waals surface area contributed by atoms with Crippen molar-refractivity contribution in [1.82, 2.24) is 0 Å². The molecule has 0 amide bonds. The minimum absolute atomic E-state index is 0. The van der Waals surface area contributed by atoms with Crippen molar-refractivity contribution in [2.75, 3.05) is 0 Å². The van der Waals surface area contributed by atoms with Gasteiger partial charge in [0.05, 0.1) is 0 Å². The fraction of sp³-hybridized carbons (Fsp3) is 0.385. The Morgan fingerprint density at radius 2 is 1.10 bits per heavy atom. The summed E-state index contributed by atoms with van der Waals surface area (Å²) in [6, 6.07) is 20.0. The molecule has 2 aliphatic carbocycles. The summed E-state index contributed by atoms with van der Waals surface area (Å²) in [5.74, 6) is 0. The molecule has 0 saturated heterocycles. The molecule has 2 aromatic rings. The summed E-state index contributed by atoms with van der Waals surface area (Å²) in [4.78, 5) is 0. The number of rotatable bonds is 6. The van der Waals surface area contributed by atoms with E-state index in [2.05, 4.69) is 81.5 Å². The van der Waals surface area contributed by atoms with Crippen LogP contribution in [-0.2, 0) is 20.9 Å². The van der Waals surface area contributed by atoms with Gasteiger partial charge in [0.2, 0.25) is 0 Å². The Hall–Kier alpha value is -0.400. The standard InChI is InChI=1S/2C11H11.C2H7Si.C2H6.2ClH.Zr/c2*1-2-9-7-10-5-3-4-6-11(10)8-9;1-2-3;1-2;;;/h2*3-8H,2H2,1H3;2-3H2,1H3;1-2H3;2*1H;/q;;;;;;+2/p-2. The van der Waals surface area contributed by atoms with Crippen LogP contribution in [0.15, 0.2) is 59.7 Å². The molecule has 2 atom stereocenters. The van der Waals surface area contributed by atoms with Crippen molar-refractivity contribution in [3.63, 3.8) is 0 Å². The normalized spacial score (nSPS) is 18.3. The van der Waals surface area contributed by atoms with E-state index in [1.807, 2.05) is 13.8 Å². The molecule has 0 radical (unpaired) electrons. The van der Waals surface area contributed by atoms with Crippen LogP contribution in [-0.4, -0.2) is 6.65 Å². The molecule has 0 nitrogen and oxygen atoms in total. The first kappa shape index (κ1) is 27.6. The predicted molar refractivity (Wildman–Crippen MR) is 125 cm³/mol. The van der Waals surface area contributed by atoms with Gasteiger partial charge < -0.3 is 24.8 Å². The van der Waals surface area contributed by atoms with Crippen LogP contribution in [0.1, 0.15) is 77.0 Å². The molecule has 161 valence electrons. The third-order valence-corrected chi connectivity index (χ3v) is 27.0. The Kier molecular flexibility index (Phi) is 12.2. The van der Waals surface area contributed by atoms with E-state index in [0.29, 0.717) is 0 Å². The molecular formula is C26H35Cl2SiZr. The molecular weight excluding hydrogens is 503 g/mol. The first-order chi connectivity index (χ1) is 13.8. The molecule has 2 aliphatic rings. The first-order valence-electron chi connectivity index (χ1n) is 11.2. The van der Waals surface area contributed by atoms with E-state index >= 15 is 0 Å². The number of fused-ring (bicyclic) bond motifs is 2. The molecule has 0 aromatic heterocycles.